The highest BCUT2D eigenvalue weighted by Gasteiger charge is 2.26. The summed E-state index contributed by atoms with van der Waals surface area (Å²) in [6, 6.07) is 125. The molecule has 17 nitrogen and oxygen atoms in total. The molecule has 0 aliphatic carbocycles. The Morgan fingerprint density at radius 2 is 0.463 bits per heavy atom. The van der Waals surface area contributed by atoms with Gasteiger partial charge in [0.15, 0.2) is 34.5 Å². The van der Waals surface area contributed by atoms with Crippen LogP contribution in [0.25, 0.3) is 11.1 Å². The van der Waals surface area contributed by atoms with Gasteiger partial charge in [-0.15, -0.1) is 0 Å². The molecule has 0 unspecified atom stereocenters. The summed E-state index contributed by atoms with van der Waals surface area (Å²) in [5.41, 5.74) is 14.7. The number of rotatable bonds is 29. The largest absolute Gasteiger partial charge is 0.378 e. The zero-order chi connectivity index (χ0) is 94.7. The Hall–Kier alpha value is -16.2. The molecule has 0 bridgehead atoms. The van der Waals surface area contributed by atoms with E-state index in [0.717, 1.165) is 81.5 Å². The maximum Gasteiger partial charge on any atom is 0.365 e. The molecule has 0 saturated carbocycles. The third kappa shape index (κ3) is 24.7. The Morgan fingerprint density at radius 1 is 0.235 bits per heavy atom. The van der Waals surface area contributed by atoms with E-state index in [1.54, 1.807) is 146 Å². The fraction of sp³-hybridized carbons (Fsp3) is 0.0690. The highest BCUT2D eigenvalue weighted by Crippen LogP contribution is 2.34. The number of hydrogen-bond acceptors (Lipinski definition) is 20. The van der Waals surface area contributed by atoms with Crippen molar-refractivity contribution in [3.63, 3.8) is 0 Å². The van der Waals surface area contributed by atoms with Crippen molar-refractivity contribution in [2.24, 2.45) is 15.5 Å². The van der Waals surface area contributed by atoms with Gasteiger partial charge in [0.1, 0.15) is 0 Å². The van der Waals surface area contributed by atoms with Crippen molar-refractivity contribution in [2.75, 3.05) is 31.2 Å². The molecule has 1 aliphatic heterocycles. The van der Waals surface area contributed by atoms with E-state index in [-0.39, 0.29) is 51.8 Å². The fourth-order valence-corrected chi connectivity index (χ4v) is 17.0. The average Bonchev–Trinajstić information content (AvgIpc) is 0.821. The summed E-state index contributed by atoms with van der Waals surface area (Å²) in [4.78, 5) is 141. The van der Waals surface area contributed by atoms with Gasteiger partial charge >= 0.3 is 17.9 Å². The van der Waals surface area contributed by atoms with E-state index in [1.807, 2.05) is 295 Å². The maximum atomic E-state index is 13.7. The zero-order valence-corrected chi connectivity index (χ0v) is 76.9. The molecule has 16 aromatic carbocycles. The van der Waals surface area contributed by atoms with Crippen LogP contribution in [-0.2, 0) is 19.2 Å². The molecule has 17 rings (SSSR count). The number of anilines is 1. The topological polar surface area (TPSA) is 231 Å². The molecule has 1 aliphatic rings. The minimum absolute atomic E-state index is 0.00640. The Labute approximate surface area is 800 Å². The van der Waals surface area contributed by atoms with E-state index in [0.29, 0.717) is 96.7 Å². The molecule has 668 valence electrons. The number of morpholine rings is 1. The lowest BCUT2D eigenvalue weighted by Gasteiger charge is -2.28. The lowest BCUT2D eigenvalue weighted by molar-refractivity contribution is 0.0506. The molecule has 1 fully saturated rings. The Kier molecular flexibility index (Phi) is 32.1. The van der Waals surface area contributed by atoms with Gasteiger partial charge in [-0.1, -0.05) is 257 Å². The number of carbonyl (C=O) groups is 9. The van der Waals surface area contributed by atoms with Crippen LogP contribution in [0.3, 0.4) is 0 Å². The molecule has 20 heteroatoms. The normalized spacial score (nSPS) is 11.9. The summed E-state index contributed by atoms with van der Waals surface area (Å²) < 4.78 is 5.43. The summed E-state index contributed by atoms with van der Waals surface area (Å²) in [7, 11) is 0. The van der Waals surface area contributed by atoms with E-state index < -0.39 is 17.9 Å². The average molecular weight is 1840 g/mol. The van der Waals surface area contributed by atoms with Crippen LogP contribution in [0.5, 0.6) is 0 Å². The van der Waals surface area contributed by atoms with Crippen LogP contribution in [0.15, 0.2) is 457 Å². The summed E-state index contributed by atoms with van der Waals surface area (Å²) in [5.74, 6) is -3.10. The first-order valence-corrected chi connectivity index (χ1v) is 46.0. The van der Waals surface area contributed by atoms with Crippen molar-refractivity contribution in [3.05, 3.63) is 518 Å². The Morgan fingerprint density at radius 3 is 0.750 bits per heavy atom. The predicted octanol–water partition coefficient (Wildman–Crippen LogP) is 25.3. The maximum absolute atomic E-state index is 13.7. The number of nitrogens with zero attached hydrogens (tertiary/aromatic N) is 4. The van der Waals surface area contributed by atoms with E-state index in [4.69, 9.17) is 19.2 Å². The minimum Gasteiger partial charge on any atom is -0.378 e. The van der Waals surface area contributed by atoms with Gasteiger partial charge in [0.25, 0.3) is 0 Å². The van der Waals surface area contributed by atoms with Gasteiger partial charge in [-0.2, -0.15) is 0 Å². The molecule has 0 spiro atoms. The number of oxime groups is 3. The summed E-state index contributed by atoms with van der Waals surface area (Å²) in [6.07, 6.45) is 0. The number of Topliss-reactive ketones (excluding diaryl/α,β-unsaturated/α-hetero) is 3. The third-order valence-corrected chi connectivity index (χ3v) is 25.1. The molecule has 1 heterocycles. The van der Waals surface area contributed by atoms with Crippen LogP contribution in [0, 0.1) is 27.7 Å². The van der Waals surface area contributed by atoms with E-state index >= 15 is 0 Å². The third-order valence-electron chi connectivity index (χ3n) is 22.1. The van der Waals surface area contributed by atoms with Crippen LogP contribution in [0.1, 0.15) is 149 Å². The van der Waals surface area contributed by atoms with Crippen LogP contribution in [0.2, 0.25) is 0 Å². The molecular formula is C116H88N4O13S3. The highest BCUT2D eigenvalue weighted by atomic mass is 32.2. The first kappa shape index (κ1) is 94.4. The number of carbonyl (C=O) groups excluding carboxylic acids is 9. The van der Waals surface area contributed by atoms with Gasteiger partial charge in [0.05, 0.1) is 29.9 Å². The number of ether oxygens (including phenoxy) is 1. The number of benzene rings is 16. The van der Waals surface area contributed by atoms with Crippen LogP contribution in [0.4, 0.5) is 5.69 Å². The molecule has 1 saturated heterocycles. The van der Waals surface area contributed by atoms with Crippen LogP contribution >= 0.6 is 35.3 Å². The standard InChI is InChI=1S/C41H29NO4S.C39H32N2O5S.C36H27NO4S/c1-28-10-8-9-15-37(28)38(42-46-41(45)34-13-6-3-7-14-34)40(44)33-22-26-36(27-23-33)47-35-24-20-32(21-25-35)39(43)31-18-16-30(17-19-31)29-11-4-2-5-12-29;1-27-7-5-6-10-35(27)36(40-46-39(44)31-8-3-2-4-9-31)38(43)30-15-21-34(22-16-30)47-33-19-13-29(14-20-33)37(42)28-11-17-32(18-12-28)41-23-25-45-26-24-41;1-24-10-6-8-14-31(24)33(37-41-36(40)28-12-4-3-5-13-28)35(39)27-18-22-30(23-19-27)42-29-20-16-26(17-21-29)34(38)32-15-9-7-11-25(32)2/h2-27H,1H3;2-22H,23-26H2,1H3;3-23H,1-2H3/b42-38-;40-36-;37-33-. The second-order valence-corrected chi connectivity index (χ2v) is 34.8. The molecule has 0 radical (unpaired) electrons. The molecule has 0 atom stereocenters. The zero-order valence-electron chi connectivity index (χ0n) is 74.4. The smallest absolute Gasteiger partial charge is 0.365 e. The monoisotopic (exact) mass is 1840 g/mol. The summed E-state index contributed by atoms with van der Waals surface area (Å²) in [6.45, 7) is 10.7. The van der Waals surface area contributed by atoms with Gasteiger partial charge in [-0.3, -0.25) is 28.8 Å². The minimum atomic E-state index is -0.648. The SMILES string of the molecule is Cc1ccccc1/C(=N/OC(=O)c1ccccc1)C(=O)c1ccc(Sc2ccc(C(=O)c3ccc(-c4ccccc4)cc3)cc2)cc1.Cc1ccccc1/C(=N/OC(=O)c1ccccc1)C(=O)c1ccc(Sc2ccc(C(=O)c3ccc(N4CCOCC4)cc3)cc2)cc1.Cc1ccccc1C(=O)c1ccc(Sc2ccc(C(=O)/C(=N\OC(=O)c3ccccc3)c3ccccc3C)cc2)cc1. The van der Waals surface area contributed by atoms with E-state index in [9.17, 15) is 43.2 Å². The van der Waals surface area contributed by atoms with E-state index in [2.05, 4.69) is 20.4 Å². The highest BCUT2D eigenvalue weighted by molar-refractivity contribution is 7.99. The van der Waals surface area contributed by atoms with Crippen molar-refractivity contribution in [2.45, 2.75) is 57.1 Å². The van der Waals surface area contributed by atoms with Crippen molar-refractivity contribution in [1.29, 1.82) is 0 Å². The quantitative estimate of drug-likeness (QED) is 0.0184. The first-order chi connectivity index (χ1) is 66.3. The fourth-order valence-electron chi connectivity index (χ4n) is 14.6. The molecular weight excluding hydrogens is 1750 g/mol. The molecule has 0 N–H and O–H groups in total. The van der Waals surface area contributed by atoms with Gasteiger partial charge in [0.2, 0.25) is 17.3 Å². The molecule has 0 aromatic heterocycles. The first-order valence-electron chi connectivity index (χ1n) is 43.6. The second kappa shape index (κ2) is 46.2. The summed E-state index contributed by atoms with van der Waals surface area (Å²) >= 11 is 4.57. The lowest BCUT2D eigenvalue weighted by atomic mass is 9.97. The molecule has 16 aromatic rings. The molecule has 0 amide bonds. The van der Waals surface area contributed by atoms with Crippen LogP contribution in [-0.4, -0.2) is 96.0 Å². The number of hydrogen-bond donors (Lipinski definition) is 0. The van der Waals surface area contributed by atoms with Gasteiger partial charge < -0.3 is 24.1 Å². The Balaban J connectivity index is 0.000000155. The van der Waals surface area contributed by atoms with Crippen molar-refractivity contribution < 1.29 is 62.4 Å². The second-order valence-electron chi connectivity index (χ2n) is 31.3. The van der Waals surface area contributed by atoms with Crippen molar-refractivity contribution in [3.8, 4) is 11.1 Å². The Bertz CT molecular complexity index is 7080. The van der Waals surface area contributed by atoms with Crippen LogP contribution < -0.4 is 4.90 Å². The van der Waals surface area contributed by atoms with Gasteiger partial charge in [0, 0.05) is 115 Å². The van der Waals surface area contributed by atoms with Gasteiger partial charge in [-0.25, -0.2) is 14.4 Å². The number of aryl methyl sites for hydroxylation is 4. The molecule has 136 heavy (non-hydrogen) atoms. The predicted molar refractivity (Wildman–Crippen MR) is 536 cm³/mol. The van der Waals surface area contributed by atoms with Crippen molar-refractivity contribution >= 4 is 111 Å². The lowest BCUT2D eigenvalue weighted by Crippen LogP contribution is -2.36. The number of ketones is 6. The van der Waals surface area contributed by atoms with Crippen molar-refractivity contribution in [1.82, 2.24) is 0 Å². The van der Waals surface area contributed by atoms with E-state index in [1.165, 1.54) is 35.3 Å². The van der Waals surface area contributed by atoms with Gasteiger partial charge in [-0.05, 0) is 267 Å². The summed E-state index contributed by atoms with van der Waals surface area (Å²) in [5, 5.41) is 12.1.